The van der Waals surface area contributed by atoms with Crippen molar-refractivity contribution in [1.82, 2.24) is 14.9 Å². The number of morpholine rings is 1. The van der Waals surface area contributed by atoms with E-state index < -0.39 is 0 Å². The molecule has 0 aromatic carbocycles. The fourth-order valence-electron chi connectivity index (χ4n) is 2.47. The first kappa shape index (κ1) is 12.6. The predicted molar refractivity (Wildman–Crippen MR) is 74.8 cm³/mol. The Hall–Kier alpha value is -1.40. The Morgan fingerprint density at radius 3 is 2.47 bits per heavy atom. The van der Waals surface area contributed by atoms with Gasteiger partial charge in [0.15, 0.2) is 0 Å². The summed E-state index contributed by atoms with van der Waals surface area (Å²) in [7, 11) is 2.16. The van der Waals surface area contributed by atoms with Crippen molar-refractivity contribution in [3.8, 4) is 0 Å². The number of hydrogen-bond donors (Lipinski definition) is 0. The Bertz CT molecular complexity index is 413. The van der Waals surface area contributed by atoms with Crippen LogP contribution in [0.4, 0.5) is 11.8 Å². The van der Waals surface area contributed by atoms with Crippen molar-refractivity contribution < 1.29 is 4.74 Å². The van der Waals surface area contributed by atoms with Crippen molar-refractivity contribution in [2.75, 3.05) is 69.3 Å². The second kappa shape index (κ2) is 5.71. The summed E-state index contributed by atoms with van der Waals surface area (Å²) in [5.74, 6) is 1.88. The van der Waals surface area contributed by atoms with Crippen molar-refractivity contribution in [2.24, 2.45) is 0 Å². The van der Waals surface area contributed by atoms with Gasteiger partial charge in [0.2, 0.25) is 5.95 Å². The Morgan fingerprint density at radius 1 is 1.00 bits per heavy atom. The zero-order valence-electron chi connectivity index (χ0n) is 11.5. The fraction of sp³-hybridized carbons (Fsp3) is 0.692. The topological polar surface area (TPSA) is 44.7 Å². The molecule has 3 heterocycles. The van der Waals surface area contributed by atoms with Gasteiger partial charge in [-0.15, -0.1) is 0 Å². The molecule has 6 nitrogen and oxygen atoms in total. The summed E-state index contributed by atoms with van der Waals surface area (Å²) in [6.45, 7) is 7.56. The van der Waals surface area contributed by atoms with Crippen LogP contribution in [0.25, 0.3) is 0 Å². The molecule has 0 spiro atoms. The molecule has 2 saturated heterocycles. The van der Waals surface area contributed by atoms with Gasteiger partial charge in [-0.2, -0.15) is 4.98 Å². The van der Waals surface area contributed by atoms with Gasteiger partial charge in [-0.05, 0) is 13.1 Å². The van der Waals surface area contributed by atoms with Crippen molar-refractivity contribution >= 4 is 11.8 Å². The quantitative estimate of drug-likeness (QED) is 0.752. The summed E-state index contributed by atoms with van der Waals surface area (Å²) in [5.41, 5.74) is 0. The largest absolute Gasteiger partial charge is 0.378 e. The van der Waals surface area contributed by atoms with Crippen molar-refractivity contribution in [1.29, 1.82) is 0 Å². The molecule has 19 heavy (non-hydrogen) atoms. The van der Waals surface area contributed by atoms with E-state index in [-0.39, 0.29) is 0 Å². The first-order valence-corrected chi connectivity index (χ1v) is 6.92. The molecule has 2 aliphatic heterocycles. The second-order valence-electron chi connectivity index (χ2n) is 5.10. The van der Waals surface area contributed by atoms with E-state index in [1.807, 2.05) is 12.3 Å². The minimum atomic E-state index is 0.786. The second-order valence-corrected chi connectivity index (χ2v) is 5.10. The van der Waals surface area contributed by atoms with Crippen LogP contribution in [0.15, 0.2) is 12.3 Å². The van der Waals surface area contributed by atoms with Gasteiger partial charge < -0.3 is 19.4 Å². The maximum Gasteiger partial charge on any atom is 0.227 e. The molecule has 104 valence electrons. The highest BCUT2D eigenvalue weighted by atomic mass is 16.5. The van der Waals surface area contributed by atoms with E-state index in [1.165, 1.54) is 0 Å². The van der Waals surface area contributed by atoms with Gasteiger partial charge in [-0.25, -0.2) is 4.98 Å². The van der Waals surface area contributed by atoms with Crippen LogP contribution in [0.5, 0.6) is 0 Å². The SMILES string of the molecule is CN1CCN(c2nccc(N3CCOCC3)n2)CC1. The molecule has 1 aromatic rings. The normalized spacial score (nSPS) is 21.7. The van der Waals surface area contributed by atoms with E-state index >= 15 is 0 Å². The van der Waals surface area contributed by atoms with E-state index in [2.05, 4.69) is 26.7 Å². The first-order valence-electron chi connectivity index (χ1n) is 6.92. The van der Waals surface area contributed by atoms with Crippen LogP contribution >= 0.6 is 0 Å². The van der Waals surface area contributed by atoms with Crippen LogP contribution in [0.3, 0.4) is 0 Å². The van der Waals surface area contributed by atoms with Crippen LogP contribution < -0.4 is 9.80 Å². The third-order valence-electron chi connectivity index (χ3n) is 3.75. The highest BCUT2D eigenvalue weighted by Gasteiger charge is 2.18. The summed E-state index contributed by atoms with van der Waals surface area (Å²) < 4.78 is 5.38. The lowest BCUT2D eigenvalue weighted by Crippen LogP contribution is -2.45. The van der Waals surface area contributed by atoms with Gasteiger partial charge in [0, 0.05) is 45.5 Å². The monoisotopic (exact) mass is 263 g/mol. The van der Waals surface area contributed by atoms with E-state index in [1.54, 1.807) is 0 Å². The smallest absolute Gasteiger partial charge is 0.227 e. The molecule has 0 atom stereocenters. The molecule has 0 saturated carbocycles. The molecule has 0 N–H and O–H groups in total. The van der Waals surface area contributed by atoms with Crippen LogP contribution in [-0.4, -0.2) is 74.4 Å². The number of hydrogen-bond acceptors (Lipinski definition) is 6. The average molecular weight is 263 g/mol. The van der Waals surface area contributed by atoms with Crippen molar-refractivity contribution in [3.63, 3.8) is 0 Å². The molecule has 0 aliphatic carbocycles. The van der Waals surface area contributed by atoms with E-state index in [9.17, 15) is 0 Å². The fourth-order valence-corrected chi connectivity index (χ4v) is 2.47. The van der Waals surface area contributed by atoms with E-state index in [0.29, 0.717) is 0 Å². The molecular weight excluding hydrogens is 242 g/mol. The molecule has 6 heteroatoms. The minimum Gasteiger partial charge on any atom is -0.378 e. The summed E-state index contributed by atoms with van der Waals surface area (Å²) in [6, 6.07) is 1.99. The van der Waals surface area contributed by atoms with Gasteiger partial charge in [-0.3, -0.25) is 0 Å². The maximum absolute atomic E-state index is 5.38. The summed E-state index contributed by atoms with van der Waals surface area (Å²) in [4.78, 5) is 16.0. The molecule has 0 radical (unpaired) electrons. The van der Waals surface area contributed by atoms with Gasteiger partial charge in [0.05, 0.1) is 13.2 Å². The third kappa shape index (κ3) is 2.96. The lowest BCUT2D eigenvalue weighted by atomic mass is 10.3. The Morgan fingerprint density at radius 2 is 1.74 bits per heavy atom. The number of anilines is 2. The number of ether oxygens (including phenoxy) is 1. The number of rotatable bonds is 2. The van der Waals surface area contributed by atoms with Crippen molar-refractivity contribution in [2.45, 2.75) is 0 Å². The first-order chi connectivity index (χ1) is 9.33. The highest BCUT2D eigenvalue weighted by molar-refractivity contribution is 5.44. The van der Waals surface area contributed by atoms with Gasteiger partial charge in [0.25, 0.3) is 0 Å². The summed E-state index contributed by atoms with van der Waals surface area (Å²) in [6.07, 6.45) is 1.87. The molecule has 0 amide bonds. The van der Waals surface area contributed by atoms with Crippen molar-refractivity contribution in [3.05, 3.63) is 12.3 Å². The van der Waals surface area contributed by atoms with Gasteiger partial charge in [-0.1, -0.05) is 0 Å². The average Bonchev–Trinajstić information content (AvgIpc) is 2.49. The third-order valence-corrected chi connectivity index (χ3v) is 3.75. The predicted octanol–water partition coefficient (Wildman–Crippen LogP) is 0.0650. The Balaban J connectivity index is 1.72. The summed E-state index contributed by atoms with van der Waals surface area (Å²) >= 11 is 0. The zero-order valence-corrected chi connectivity index (χ0v) is 11.5. The molecule has 0 bridgehead atoms. The molecule has 3 rings (SSSR count). The van der Waals surface area contributed by atoms with Crippen LogP contribution in [0.1, 0.15) is 0 Å². The van der Waals surface area contributed by atoms with E-state index in [4.69, 9.17) is 9.72 Å². The summed E-state index contributed by atoms with van der Waals surface area (Å²) in [5, 5.41) is 0. The molecule has 2 fully saturated rings. The molecule has 1 aromatic heterocycles. The van der Waals surface area contributed by atoms with Crippen LogP contribution in [0.2, 0.25) is 0 Å². The maximum atomic E-state index is 5.38. The number of piperazine rings is 1. The van der Waals surface area contributed by atoms with E-state index in [0.717, 1.165) is 64.2 Å². The van der Waals surface area contributed by atoms with Gasteiger partial charge in [0.1, 0.15) is 5.82 Å². The Kier molecular flexibility index (Phi) is 3.79. The zero-order chi connectivity index (χ0) is 13.1. The number of likely N-dealkylation sites (N-methyl/N-ethyl adjacent to an activating group) is 1. The molecule has 2 aliphatic rings. The van der Waals surface area contributed by atoms with Gasteiger partial charge >= 0.3 is 0 Å². The molecular formula is C13H21N5O. The Labute approximate surface area is 114 Å². The highest BCUT2D eigenvalue weighted by Crippen LogP contribution is 2.17. The molecule has 0 unspecified atom stereocenters. The van der Waals surface area contributed by atoms with Crippen LogP contribution in [-0.2, 0) is 4.74 Å². The minimum absolute atomic E-state index is 0.786. The number of nitrogens with zero attached hydrogens (tertiary/aromatic N) is 5. The standard InChI is InChI=1S/C13H21N5O/c1-16-4-6-18(7-5-16)13-14-3-2-12(15-13)17-8-10-19-11-9-17/h2-3H,4-11H2,1H3. The lowest BCUT2D eigenvalue weighted by molar-refractivity contribution is 0.122. The number of aromatic nitrogens is 2. The lowest BCUT2D eigenvalue weighted by Gasteiger charge is -2.33. The van der Waals surface area contributed by atoms with Crippen LogP contribution in [0, 0.1) is 0 Å².